The fraction of sp³-hybridized carbons (Fsp3) is 0.353. The van der Waals surface area contributed by atoms with Gasteiger partial charge in [-0.25, -0.2) is 0 Å². The lowest BCUT2D eigenvalue weighted by atomic mass is 10.1. The van der Waals surface area contributed by atoms with Crippen molar-refractivity contribution in [2.45, 2.75) is 24.9 Å². The number of nitrogens with one attached hydrogen (secondary N) is 1. The molecule has 1 atom stereocenters. The second-order valence-corrected chi connectivity index (χ2v) is 5.30. The van der Waals surface area contributed by atoms with Gasteiger partial charge in [0.25, 0.3) is 0 Å². The SMILES string of the molecule is COC(=O)C(COc1cccc2ccccc12)NC1CC1. The van der Waals surface area contributed by atoms with Gasteiger partial charge in [-0.05, 0) is 24.3 Å². The average Bonchev–Trinajstić information content (AvgIpc) is 3.34. The Balaban J connectivity index is 1.73. The Morgan fingerprint density at radius 3 is 2.76 bits per heavy atom. The minimum Gasteiger partial charge on any atom is -0.491 e. The zero-order chi connectivity index (χ0) is 14.7. The smallest absolute Gasteiger partial charge is 0.326 e. The van der Waals surface area contributed by atoms with Crippen LogP contribution in [0.5, 0.6) is 5.75 Å². The van der Waals surface area contributed by atoms with Crippen LogP contribution in [-0.2, 0) is 9.53 Å². The van der Waals surface area contributed by atoms with Crippen molar-refractivity contribution in [3.8, 4) is 5.75 Å². The van der Waals surface area contributed by atoms with Crippen LogP contribution in [-0.4, -0.2) is 31.8 Å². The van der Waals surface area contributed by atoms with Crippen LogP contribution in [0.2, 0.25) is 0 Å². The number of hydrogen-bond donors (Lipinski definition) is 1. The van der Waals surface area contributed by atoms with Gasteiger partial charge in [0.1, 0.15) is 18.4 Å². The van der Waals surface area contributed by atoms with E-state index in [1.165, 1.54) is 7.11 Å². The number of ether oxygens (including phenoxy) is 2. The minimum atomic E-state index is -0.415. The third-order valence-corrected chi connectivity index (χ3v) is 3.66. The molecule has 0 saturated heterocycles. The molecule has 2 aromatic rings. The van der Waals surface area contributed by atoms with Crippen LogP contribution in [0.3, 0.4) is 0 Å². The highest BCUT2D eigenvalue weighted by Gasteiger charge is 2.29. The highest BCUT2D eigenvalue weighted by molar-refractivity contribution is 5.88. The van der Waals surface area contributed by atoms with Crippen molar-refractivity contribution < 1.29 is 14.3 Å². The maximum absolute atomic E-state index is 11.8. The number of esters is 1. The second kappa shape index (κ2) is 6.14. The van der Waals surface area contributed by atoms with Gasteiger partial charge < -0.3 is 9.47 Å². The minimum absolute atomic E-state index is 0.275. The van der Waals surface area contributed by atoms with E-state index in [1.54, 1.807) is 0 Å². The lowest BCUT2D eigenvalue weighted by molar-refractivity contribution is -0.144. The number of methoxy groups -OCH3 is 1. The molecule has 21 heavy (non-hydrogen) atoms. The Morgan fingerprint density at radius 1 is 1.24 bits per heavy atom. The first kappa shape index (κ1) is 13.9. The van der Waals surface area contributed by atoms with Crippen LogP contribution in [0.25, 0.3) is 10.8 Å². The van der Waals surface area contributed by atoms with Crippen molar-refractivity contribution in [2.24, 2.45) is 0 Å². The summed E-state index contributed by atoms with van der Waals surface area (Å²) in [6, 6.07) is 14.0. The summed E-state index contributed by atoms with van der Waals surface area (Å²) < 4.78 is 10.7. The molecule has 110 valence electrons. The van der Waals surface area contributed by atoms with Crippen molar-refractivity contribution in [1.82, 2.24) is 5.32 Å². The highest BCUT2D eigenvalue weighted by atomic mass is 16.5. The zero-order valence-corrected chi connectivity index (χ0v) is 12.0. The molecule has 4 nitrogen and oxygen atoms in total. The molecule has 2 aromatic carbocycles. The predicted molar refractivity (Wildman–Crippen MR) is 81.4 cm³/mol. The molecule has 3 rings (SSSR count). The lowest BCUT2D eigenvalue weighted by Gasteiger charge is -2.17. The van der Waals surface area contributed by atoms with Crippen LogP contribution in [0.1, 0.15) is 12.8 Å². The molecule has 1 aliphatic rings. The summed E-state index contributed by atoms with van der Waals surface area (Å²) in [6.07, 6.45) is 2.23. The third kappa shape index (κ3) is 3.34. The Kier molecular flexibility index (Phi) is 4.06. The quantitative estimate of drug-likeness (QED) is 0.829. The van der Waals surface area contributed by atoms with Gasteiger partial charge in [-0.3, -0.25) is 10.1 Å². The van der Waals surface area contributed by atoms with Crippen molar-refractivity contribution in [3.05, 3.63) is 42.5 Å². The predicted octanol–water partition coefficient (Wildman–Crippen LogP) is 2.51. The summed E-state index contributed by atoms with van der Waals surface area (Å²) in [6.45, 7) is 0.275. The Labute approximate surface area is 124 Å². The van der Waals surface area contributed by atoms with Crippen molar-refractivity contribution in [1.29, 1.82) is 0 Å². The molecule has 1 aliphatic carbocycles. The fourth-order valence-electron chi connectivity index (χ4n) is 2.36. The maximum Gasteiger partial charge on any atom is 0.326 e. The van der Waals surface area contributed by atoms with Crippen LogP contribution >= 0.6 is 0 Å². The lowest BCUT2D eigenvalue weighted by Crippen LogP contribution is -2.43. The van der Waals surface area contributed by atoms with Gasteiger partial charge in [0, 0.05) is 11.4 Å². The third-order valence-electron chi connectivity index (χ3n) is 3.66. The first-order valence-electron chi connectivity index (χ1n) is 7.22. The number of benzene rings is 2. The zero-order valence-electron chi connectivity index (χ0n) is 12.0. The van der Waals surface area contributed by atoms with Gasteiger partial charge in [0.15, 0.2) is 0 Å². The summed E-state index contributed by atoms with van der Waals surface area (Å²) >= 11 is 0. The van der Waals surface area contributed by atoms with E-state index >= 15 is 0 Å². The average molecular weight is 285 g/mol. The summed E-state index contributed by atoms with van der Waals surface area (Å²) in [5, 5.41) is 5.44. The van der Waals surface area contributed by atoms with E-state index in [4.69, 9.17) is 9.47 Å². The van der Waals surface area contributed by atoms with E-state index in [1.807, 2.05) is 42.5 Å². The summed E-state index contributed by atoms with van der Waals surface area (Å²) in [5.74, 6) is 0.515. The molecule has 1 fully saturated rings. The molecular weight excluding hydrogens is 266 g/mol. The number of carbonyl (C=O) groups is 1. The largest absolute Gasteiger partial charge is 0.491 e. The van der Waals surface area contributed by atoms with Crippen LogP contribution < -0.4 is 10.1 Å². The van der Waals surface area contributed by atoms with Gasteiger partial charge >= 0.3 is 5.97 Å². The maximum atomic E-state index is 11.8. The van der Waals surface area contributed by atoms with Crippen LogP contribution in [0.4, 0.5) is 0 Å². The number of fused-ring (bicyclic) bond motifs is 1. The van der Waals surface area contributed by atoms with E-state index in [9.17, 15) is 4.79 Å². The Bertz CT molecular complexity index is 631. The molecule has 0 heterocycles. The molecule has 0 spiro atoms. The molecule has 0 bridgehead atoms. The Morgan fingerprint density at radius 2 is 2.00 bits per heavy atom. The van der Waals surface area contributed by atoms with Crippen LogP contribution in [0, 0.1) is 0 Å². The van der Waals surface area contributed by atoms with Gasteiger partial charge in [0.05, 0.1) is 7.11 Å². The van der Waals surface area contributed by atoms with E-state index in [-0.39, 0.29) is 12.6 Å². The van der Waals surface area contributed by atoms with E-state index in [0.717, 1.165) is 29.4 Å². The summed E-state index contributed by atoms with van der Waals surface area (Å²) in [5.41, 5.74) is 0. The van der Waals surface area contributed by atoms with Gasteiger partial charge in [-0.15, -0.1) is 0 Å². The number of hydrogen-bond acceptors (Lipinski definition) is 4. The first-order valence-corrected chi connectivity index (χ1v) is 7.22. The fourth-order valence-corrected chi connectivity index (χ4v) is 2.36. The van der Waals surface area contributed by atoms with E-state index < -0.39 is 6.04 Å². The summed E-state index contributed by atoms with van der Waals surface area (Å²) in [4.78, 5) is 11.8. The monoisotopic (exact) mass is 285 g/mol. The molecule has 0 amide bonds. The number of carbonyl (C=O) groups excluding carboxylic acids is 1. The molecule has 1 saturated carbocycles. The first-order chi connectivity index (χ1) is 10.3. The highest BCUT2D eigenvalue weighted by Crippen LogP contribution is 2.25. The van der Waals surface area contributed by atoms with Gasteiger partial charge in [-0.2, -0.15) is 0 Å². The molecule has 0 aliphatic heterocycles. The molecule has 1 unspecified atom stereocenters. The van der Waals surface area contributed by atoms with Crippen molar-refractivity contribution >= 4 is 16.7 Å². The molecule has 0 aromatic heterocycles. The van der Waals surface area contributed by atoms with Crippen molar-refractivity contribution in [2.75, 3.05) is 13.7 Å². The molecule has 0 radical (unpaired) electrons. The van der Waals surface area contributed by atoms with E-state index in [2.05, 4.69) is 5.32 Å². The second-order valence-electron chi connectivity index (χ2n) is 5.30. The van der Waals surface area contributed by atoms with Crippen molar-refractivity contribution in [3.63, 3.8) is 0 Å². The molecule has 4 heteroatoms. The normalized spacial score (nSPS) is 15.7. The van der Waals surface area contributed by atoms with E-state index in [0.29, 0.717) is 6.04 Å². The Hall–Kier alpha value is -2.07. The topological polar surface area (TPSA) is 47.6 Å². The van der Waals surface area contributed by atoms with Crippen LogP contribution in [0.15, 0.2) is 42.5 Å². The van der Waals surface area contributed by atoms with Gasteiger partial charge in [0.2, 0.25) is 0 Å². The molecule has 1 N–H and O–H groups in total. The standard InChI is InChI=1S/C17H19NO3/c1-20-17(19)15(18-13-9-10-13)11-21-16-8-4-6-12-5-2-3-7-14(12)16/h2-8,13,15,18H,9-11H2,1H3. The molecular formula is C17H19NO3. The number of rotatable bonds is 6. The van der Waals surface area contributed by atoms with Gasteiger partial charge in [-0.1, -0.05) is 36.4 Å². The summed E-state index contributed by atoms with van der Waals surface area (Å²) in [7, 11) is 1.40.